The molecule has 0 heterocycles. The van der Waals surface area contributed by atoms with Crippen molar-refractivity contribution < 1.29 is 9.59 Å². The van der Waals surface area contributed by atoms with Crippen molar-refractivity contribution in [3.63, 3.8) is 0 Å². The molecule has 0 radical (unpaired) electrons. The molecular weight excluding hydrogens is 416 g/mol. The minimum atomic E-state index is -0.173. The van der Waals surface area contributed by atoms with Gasteiger partial charge in [0.25, 0.3) is 5.91 Å². The fraction of sp³-hybridized carbons (Fsp3) is 0.417. The molecule has 30 heavy (non-hydrogen) atoms. The molecule has 6 heteroatoms. The fourth-order valence-electron chi connectivity index (χ4n) is 3.83. The Labute approximate surface area is 188 Å². The number of hydrogen-bond donors (Lipinski definition) is 1. The summed E-state index contributed by atoms with van der Waals surface area (Å²) in [5, 5.41) is 3.68. The number of nitrogens with zero attached hydrogens (tertiary/aromatic N) is 1. The Morgan fingerprint density at radius 1 is 1.13 bits per heavy atom. The summed E-state index contributed by atoms with van der Waals surface area (Å²) in [4.78, 5) is 28.3. The third-order valence-electron chi connectivity index (χ3n) is 5.69. The van der Waals surface area contributed by atoms with Crippen LogP contribution in [0.4, 0.5) is 0 Å². The van der Waals surface area contributed by atoms with Crippen molar-refractivity contribution in [2.24, 2.45) is 0 Å². The molecule has 0 aliphatic heterocycles. The summed E-state index contributed by atoms with van der Waals surface area (Å²) in [6.45, 7) is 1.93. The smallest absolute Gasteiger partial charge is 0.252 e. The average molecular weight is 445 g/mol. The minimum absolute atomic E-state index is 0.120. The summed E-state index contributed by atoms with van der Waals surface area (Å²) in [7, 11) is 1.91. The molecule has 1 atom stereocenters. The van der Waals surface area contributed by atoms with Crippen LogP contribution in [0.15, 0.2) is 53.4 Å². The van der Waals surface area contributed by atoms with E-state index in [-0.39, 0.29) is 17.9 Å². The summed E-state index contributed by atoms with van der Waals surface area (Å²) in [5.74, 6) is 0.300. The van der Waals surface area contributed by atoms with E-state index in [1.54, 1.807) is 6.07 Å². The predicted molar refractivity (Wildman–Crippen MR) is 124 cm³/mol. The molecule has 1 unspecified atom stereocenters. The molecule has 1 saturated carbocycles. The maximum atomic E-state index is 12.9. The lowest BCUT2D eigenvalue weighted by Crippen LogP contribution is -2.39. The molecule has 1 N–H and O–H groups in total. The van der Waals surface area contributed by atoms with Gasteiger partial charge in [0.2, 0.25) is 5.91 Å². The van der Waals surface area contributed by atoms with Crippen molar-refractivity contribution >= 4 is 35.2 Å². The van der Waals surface area contributed by atoms with Crippen LogP contribution in [0.2, 0.25) is 5.02 Å². The highest BCUT2D eigenvalue weighted by Gasteiger charge is 2.23. The molecule has 0 spiro atoms. The van der Waals surface area contributed by atoms with E-state index >= 15 is 0 Å². The maximum Gasteiger partial charge on any atom is 0.252 e. The molecule has 1 aliphatic carbocycles. The number of thioether (sulfide) groups is 1. The normalized spacial score (nSPS) is 15.4. The minimum Gasteiger partial charge on any atom is -0.345 e. The van der Waals surface area contributed by atoms with Gasteiger partial charge in [-0.05, 0) is 49.6 Å². The van der Waals surface area contributed by atoms with Gasteiger partial charge < -0.3 is 10.2 Å². The zero-order valence-electron chi connectivity index (χ0n) is 17.6. The van der Waals surface area contributed by atoms with E-state index in [0.29, 0.717) is 22.4 Å². The van der Waals surface area contributed by atoms with Gasteiger partial charge in [0.05, 0.1) is 17.4 Å². The second-order valence-electron chi connectivity index (χ2n) is 7.83. The third kappa shape index (κ3) is 6.02. The molecule has 2 amide bonds. The molecule has 4 nitrogen and oxygen atoms in total. The highest BCUT2D eigenvalue weighted by Crippen LogP contribution is 2.26. The summed E-state index contributed by atoms with van der Waals surface area (Å²) in [6.07, 6.45) is 5.84. The zero-order chi connectivity index (χ0) is 21.5. The lowest BCUT2D eigenvalue weighted by atomic mass is 9.94. The molecule has 160 valence electrons. The van der Waals surface area contributed by atoms with Crippen LogP contribution in [-0.2, 0) is 4.79 Å². The van der Waals surface area contributed by atoms with Gasteiger partial charge in [-0.2, -0.15) is 0 Å². The van der Waals surface area contributed by atoms with E-state index in [4.69, 9.17) is 11.6 Å². The van der Waals surface area contributed by atoms with Crippen LogP contribution < -0.4 is 5.32 Å². The number of hydrogen-bond acceptors (Lipinski definition) is 3. The molecule has 1 aliphatic rings. The number of amides is 2. The van der Waals surface area contributed by atoms with Crippen molar-refractivity contribution in [1.82, 2.24) is 10.2 Å². The summed E-state index contributed by atoms with van der Waals surface area (Å²) < 4.78 is 0. The molecule has 0 bridgehead atoms. The van der Waals surface area contributed by atoms with Crippen LogP contribution in [0.3, 0.4) is 0 Å². The van der Waals surface area contributed by atoms with Gasteiger partial charge in [-0.3, -0.25) is 9.59 Å². The summed E-state index contributed by atoms with van der Waals surface area (Å²) in [5.41, 5.74) is 1.54. The van der Waals surface area contributed by atoms with Gasteiger partial charge in [0.15, 0.2) is 0 Å². The zero-order valence-corrected chi connectivity index (χ0v) is 19.1. The molecule has 1 fully saturated rings. The van der Waals surface area contributed by atoms with Crippen LogP contribution in [0.5, 0.6) is 0 Å². The second-order valence-corrected chi connectivity index (χ2v) is 9.29. The molecule has 2 aromatic carbocycles. The summed E-state index contributed by atoms with van der Waals surface area (Å²) >= 11 is 7.50. The predicted octanol–water partition coefficient (Wildman–Crippen LogP) is 5.71. The van der Waals surface area contributed by atoms with E-state index in [1.807, 2.05) is 61.3 Å². The Morgan fingerprint density at radius 3 is 2.60 bits per heavy atom. The molecular formula is C24H29ClN2O2S. The average Bonchev–Trinajstić information content (AvgIpc) is 2.77. The van der Waals surface area contributed by atoms with E-state index in [9.17, 15) is 9.59 Å². The maximum absolute atomic E-state index is 12.9. The van der Waals surface area contributed by atoms with Crippen molar-refractivity contribution in [2.45, 2.75) is 56.0 Å². The van der Waals surface area contributed by atoms with Gasteiger partial charge in [-0.15, -0.1) is 11.8 Å². The largest absolute Gasteiger partial charge is 0.345 e. The lowest BCUT2D eigenvalue weighted by molar-refractivity contribution is -0.129. The highest BCUT2D eigenvalue weighted by molar-refractivity contribution is 8.00. The number of carbonyl (C=O) groups is 2. The van der Waals surface area contributed by atoms with Crippen molar-refractivity contribution in [1.29, 1.82) is 0 Å². The van der Waals surface area contributed by atoms with Crippen LogP contribution in [0, 0.1) is 0 Å². The standard InChI is InChI=1S/C24H29ClN2O2S/c1-17(18-9-8-10-19(25)15-18)26-24(29)21-13-6-7-14-22(21)30-16-23(28)27(2)20-11-4-3-5-12-20/h6-10,13-15,17,20H,3-5,11-12,16H2,1-2H3,(H,26,29). The first kappa shape index (κ1) is 22.7. The molecule has 0 saturated heterocycles. The van der Waals surface area contributed by atoms with Gasteiger partial charge in [-0.1, -0.05) is 55.1 Å². The number of nitrogens with one attached hydrogen (secondary N) is 1. The Kier molecular flexibility index (Phi) is 8.23. The monoisotopic (exact) mass is 444 g/mol. The SMILES string of the molecule is CC(NC(=O)c1ccccc1SCC(=O)N(C)C1CCCCC1)c1cccc(Cl)c1. The Morgan fingerprint density at radius 2 is 1.87 bits per heavy atom. The van der Waals surface area contributed by atoms with Crippen molar-refractivity contribution in [2.75, 3.05) is 12.8 Å². The number of carbonyl (C=O) groups excluding carboxylic acids is 2. The van der Waals surface area contributed by atoms with Gasteiger partial charge >= 0.3 is 0 Å². The van der Waals surface area contributed by atoms with E-state index in [2.05, 4.69) is 5.32 Å². The number of halogens is 1. The van der Waals surface area contributed by atoms with E-state index < -0.39 is 0 Å². The topological polar surface area (TPSA) is 49.4 Å². The van der Waals surface area contributed by atoms with Crippen LogP contribution in [0.25, 0.3) is 0 Å². The van der Waals surface area contributed by atoms with E-state index in [0.717, 1.165) is 23.3 Å². The van der Waals surface area contributed by atoms with Crippen molar-refractivity contribution in [3.8, 4) is 0 Å². The van der Waals surface area contributed by atoms with E-state index in [1.165, 1.54) is 31.0 Å². The quantitative estimate of drug-likeness (QED) is 0.556. The lowest BCUT2D eigenvalue weighted by Gasteiger charge is -2.31. The third-order valence-corrected chi connectivity index (χ3v) is 6.99. The highest BCUT2D eigenvalue weighted by atomic mass is 35.5. The first-order valence-corrected chi connectivity index (χ1v) is 11.9. The fourth-order valence-corrected chi connectivity index (χ4v) is 5.00. The first-order valence-electron chi connectivity index (χ1n) is 10.5. The summed E-state index contributed by atoms with van der Waals surface area (Å²) in [6, 6.07) is 15.1. The second kappa shape index (κ2) is 10.9. The van der Waals surface area contributed by atoms with Crippen LogP contribution >= 0.6 is 23.4 Å². The molecule has 2 aromatic rings. The van der Waals surface area contributed by atoms with Gasteiger partial charge in [0, 0.05) is 23.0 Å². The number of benzene rings is 2. The van der Waals surface area contributed by atoms with Crippen LogP contribution in [0.1, 0.15) is 61.0 Å². The Hall–Kier alpha value is -1.98. The van der Waals surface area contributed by atoms with Gasteiger partial charge in [-0.25, -0.2) is 0 Å². The van der Waals surface area contributed by atoms with Crippen LogP contribution in [-0.4, -0.2) is 35.6 Å². The Balaban J connectivity index is 1.62. The van der Waals surface area contributed by atoms with Crippen molar-refractivity contribution in [3.05, 3.63) is 64.7 Å². The molecule has 0 aromatic heterocycles. The number of rotatable bonds is 7. The first-order chi connectivity index (χ1) is 14.5. The molecule has 3 rings (SSSR count). The van der Waals surface area contributed by atoms with Gasteiger partial charge in [0.1, 0.15) is 0 Å². The Bertz CT molecular complexity index is 883.